The molecule has 13 heteroatoms. The van der Waals surface area contributed by atoms with Crippen LogP contribution in [-0.2, 0) is 11.3 Å². The van der Waals surface area contributed by atoms with Gasteiger partial charge >= 0.3 is 5.82 Å². The van der Waals surface area contributed by atoms with E-state index in [4.69, 9.17) is 9.47 Å². The van der Waals surface area contributed by atoms with Crippen LogP contribution in [0.1, 0.15) is 44.4 Å². The van der Waals surface area contributed by atoms with Crippen molar-refractivity contribution in [2.24, 2.45) is 0 Å². The van der Waals surface area contributed by atoms with E-state index in [9.17, 15) is 20.3 Å². The number of pyridine rings is 1. The summed E-state index contributed by atoms with van der Waals surface area (Å²) in [7, 11) is 0. The molecule has 0 unspecified atom stereocenters. The van der Waals surface area contributed by atoms with E-state index in [0.29, 0.717) is 22.7 Å². The van der Waals surface area contributed by atoms with Crippen molar-refractivity contribution in [2.45, 2.75) is 69.8 Å². The fraction of sp³-hybridized carbons (Fsp3) is 0.524. The molecule has 1 saturated carbocycles. The number of fused-ring (bicyclic) bond motifs is 1. The molecule has 0 bridgehead atoms. The molecule has 0 amide bonds. The summed E-state index contributed by atoms with van der Waals surface area (Å²) in [6, 6.07) is 3.08. The fourth-order valence-corrected chi connectivity index (χ4v) is 4.39. The van der Waals surface area contributed by atoms with Gasteiger partial charge in [0.15, 0.2) is 17.4 Å². The van der Waals surface area contributed by atoms with Gasteiger partial charge in [-0.05, 0) is 35.7 Å². The Bertz CT molecular complexity index is 1180. The van der Waals surface area contributed by atoms with Crippen LogP contribution in [0.5, 0.6) is 5.88 Å². The number of imidazole rings is 1. The average molecular weight is 471 g/mol. The Balaban J connectivity index is 1.48. The van der Waals surface area contributed by atoms with Crippen molar-refractivity contribution in [1.29, 1.82) is 0 Å². The molecule has 3 aromatic rings. The van der Waals surface area contributed by atoms with Gasteiger partial charge in [-0.15, -0.1) is 0 Å². The Hall–Kier alpha value is -3.42. The molecule has 0 aromatic carbocycles. The maximum absolute atomic E-state index is 10.8. The molecule has 13 nitrogen and oxygen atoms in total. The largest absolute Gasteiger partial charge is 0.471 e. The van der Waals surface area contributed by atoms with E-state index < -0.39 is 29.5 Å². The molecule has 4 atom stereocenters. The van der Waals surface area contributed by atoms with E-state index in [1.807, 2.05) is 0 Å². The van der Waals surface area contributed by atoms with Crippen molar-refractivity contribution < 1.29 is 24.6 Å². The summed E-state index contributed by atoms with van der Waals surface area (Å²) in [6.07, 6.45) is 3.26. The van der Waals surface area contributed by atoms with Gasteiger partial charge in [-0.25, -0.2) is 9.97 Å². The first-order valence-electron chi connectivity index (χ1n) is 11.2. The van der Waals surface area contributed by atoms with E-state index in [0.717, 1.165) is 25.7 Å². The molecule has 2 fully saturated rings. The lowest BCUT2D eigenvalue weighted by Crippen LogP contribution is -2.31. The molecule has 1 saturated heterocycles. The minimum Gasteiger partial charge on any atom is -0.471 e. The number of hydrogen-bond donors (Lipinski definition) is 3. The first-order chi connectivity index (χ1) is 16.4. The average Bonchev–Trinajstić information content (AvgIpc) is 3.53. The summed E-state index contributed by atoms with van der Waals surface area (Å²) in [5.41, 5.74) is 1.37. The molecule has 34 heavy (non-hydrogen) atoms. The molecule has 0 spiro atoms. The van der Waals surface area contributed by atoms with Crippen molar-refractivity contribution in [3.05, 3.63) is 40.3 Å². The second-order valence-electron chi connectivity index (χ2n) is 8.57. The van der Waals surface area contributed by atoms with Gasteiger partial charge in [-0.3, -0.25) is 4.57 Å². The molecule has 2 aliphatic rings. The molecule has 4 heterocycles. The van der Waals surface area contributed by atoms with Gasteiger partial charge in [0.1, 0.15) is 31.3 Å². The smallest absolute Gasteiger partial charge is 0.363 e. The van der Waals surface area contributed by atoms with Crippen LogP contribution in [0.3, 0.4) is 0 Å². The summed E-state index contributed by atoms with van der Waals surface area (Å²) < 4.78 is 13.4. The van der Waals surface area contributed by atoms with Gasteiger partial charge in [0.05, 0.1) is 6.10 Å². The monoisotopic (exact) mass is 471 g/mol. The summed E-state index contributed by atoms with van der Waals surface area (Å²) >= 11 is 0. The Labute approximate surface area is 193 Å². The van der Waals surface area contributed by atoms with E-state index in [2.05, 4.69) is 25.3 Å². The third kappa shape index (κ3) is 4.13. The minimum absolute atomic E-state index is 0.0632. The highest BCUT2D eigenvalue weighted by molar-refractivity contribution is 5.79. The minimum atomic E-state index is -1.16. The number of nitrogens with one attached hydrogen (secondary N) is 1. The van der Waals surface area contributed by atoms with Gasteiger partial charge < -0.3 is 35.1 Å². The summed E-state index contributed by atoms with van der Waals surface area (Å²) in [6.45, 7) is 1.76. The van der Waals surface area contributed by atoms with Crippen molar-refractivity contribution in [3.8, 4) is 5.88 Å². The van der Waals surface area contributed by atoms with E-state index >= 15 is 0 Å². The summed E-state index contributed by atoms with van der Waals surface area (Å²) in [4.78, 5) is 27.3. The molecule has 3 aromatic heterocycles. The molecular formula is C21H25N7O6. The highest BCUT2D eigenvalue weighted by atomic mass is 16.6. The topological polar surface area (TPSA) is 171 Å². The number of hydrogen-bond acceptors (Lipinski definition) is 11. The highest BCUT2D eigenvalue weighted by Gasteiger charge is 2.43. The van der Waals surface area contributed by atoms with Crippen LogP contribution >= 0.6 is 0 Å². The zero-order valence-electron chi connectivity index (χ0n) is 18.4. The molecule has 5 rings (SSSR count). The highest BCUT2D eigenvalue weighted by Crippen LogP contribution is 2.36. The predicted molar refractivity (Wildman–Crippen MR) is 118 cm³/mol. The Morgan fingerprint density at radius 2 is 2.03 bits per heavy atom. The van der Waals surface area contributed by atoms with Crippen LogP contribution in [0.2, 0.25) is 0 Å². The maximum atomic E-state index is 10.8. The Morgan fingerprint density at radius 1 is 1.24 bits per heavy atom. The number of ether oxygens (including phenoxy) is 2. The van der Waals surface area contributed by atoms with Crippen LogP contribution < -0.4 is 10.1 Å². The third-order valence-corrected chi connectivity index (χ3v) is 6.24. The van der Waals surface area contributed by atoms with Crippen LogP contribution in [0, 0.1) is 10.1 Å². The van der Waals surface area contributed by atoms with Gasteiger partial charge in [0.25, 0.3) is 0 Å². The Morgan fingerprint density at radius 3 is 2.68 bits per heavy atom. The SMILES string of the molecule is C[C@H]1O[C@@H](n2c(NC3CCCC3)nc3c(OCc4ccc([N+](=O)[O-])nc4)ncnc32)[C@H](O)[C@@H]1O. The lowest BCUT2D eigenvalue weighted by molar-refractivity contribution is -0.389. The molecule has 0 radical (unpaired) electrons. The van der Waals surface area contributed by atoms with Gasteiger partial charge in [-0.2, -0.15) is 4.98 Å². The van der Waals surface area contributed by atoms with E-state index in [1.54, 1.807) is 17.6 Å². The first-order valence-corrected chi connectivity index (χ1v) is 11.2. The first kappa shape index (κ1) is 22.4. The number of aliphatic hydroxyl groups is 2. The standard InChI is InChI=1S/C21H25N7O6/c1-11-16(29)17(30)20(34-11)27-18-15(26-21(27)25-13-4-2-3-5-13)19(24-10-23-18)33-9-12-6-7-14(22-8-12)28(31)32/h6-8,10-11,13,16-17,20,29-30H,2-5,9H2,1H3,(H,25,26)/t11-,16-,17-,20-/m1/s1. The van der Waals surface area contributed by atoms with Crippen molar-refractivity contribution in [3.63, 3.8) is 0 Å². The summed E-state index contributed by atoms with van der Waals surface area (Å²) in [5.74, 6) is 0.411. The van der Waals surface area contributed by atoms with E-state index in [1.165, 1.54) is 18.6 Å². The van der Waals surface area contributed by atoms with E-state index in [-0.39, 0.29) is 24.3 Å². The number of nitrogens with zero attached hydrogens (tertiary/aromatic N) is 6. The van der Waals surface area contributed by atoms with Crippen molar-refractivity contribution in [1.82, 2.24) is 24.5 Å². The molecule has 3 N–H and O–H groups in total. The lowest BCUT2D eigenvalue weighted by atomic mass is 10.1. The molecular weight excluding hydrogens is 446 g/mol. The molecule has 180 valence electrons. The second kappa shape index (κ2) is 9.08. The van der Waals surface area contributed by atoms with Gasteiger partial charge in [0.2, 0.25) is 11.8 Å². The molecule has 1 aliphatic carbocycles. The second-order valence-corrected chi connectivity index (χ2v) is 8.57. The zero-order valence-corrected chi connectivity index (χ0v) is 18.4. The normalized spacial score (nSPS) is 25.1. The van der Waals surface area contributed by atoms with Crippen LogP contribution in [0.25, 0.3) is 11.2 Å². The van der Waals surface area contributed by atoms with Crippen molar-refractivity contribution >= 4 is 22.9 Å². The number of aromatic nitrogens is 5. The zero-order chi connectivity index (χ0) is 23.8. The quantitative estimate of drug-likeness (QED) is 0.338. The Kier molecular flexibility index (Phi) is 5.98. The van der Waals surface area contributed by atoms with Crippen LogP contribution in [-0.4, -0.2) is 64.0 Å². The van der Waals surface area contributed by atoms with Gasteiger partial charge in [-0.1, -0.05) is 12.8 Å². The van der Waals surface area contributed by atoms with Crippen molar-refractivity contribution in [2.75, 3.05) is 5.32 Å². The lowest BCUT2D eigenvalue weighted by Gasteiger charge is -2.21. The number of nitro groups is 1. The molecule has 1 aliphatic heterocycles. The fourth-order valence-electron chi connectivity index (χ4n) is 4.39. The van der Waals surface area contributed by atoms with Crippen LogP contribution in [0.4, 0.5) is 11.8 Å². The number of rotatable bonds is 7. The number of anilines is 1. The number of aliphatic hydroxyl groups excluding tert-OH is 2. The summed E-state index contributed by atoms with van der Waals surface area (Å²) in [5, 5.41) is 35.1. The van der Waals surface area contributed by atoms with Crippen LogP contribution in [0.15, 0.2) is 24.7 Å². The van der Waals surface area contributed by atoms with Gasteiger partial charge in [0, 0.05) is 17.7 Å². The maximum Gasteiger partial charge on any atom is 0.363 e. The third-order valence-electron chi connectivity index (χ3n) is 6.24. The predicted octanol–water partition coefficient (Wildman–Crippen LogP) is 1.70.